The van der Waals surface area contributed by atoms with Crippen LogP contribution in [-0.4, -0.2) is 31.7 Å². The molecule has 2 bridgehead atoms. The van der Waals surface area contributed by atoms with Crippen LogP contribution in [0, 0.1) is 17.8 Å². The number of hydrogen-bond acceptors (Lipinski definition) is 3. The van der Waals surface area contributed by atoms with Crippen LogP contribution in [0.25, 0.3) is 0 Å². The molecule has 0 radical (unpaired) electrons. The molecule has 0 aliphatic heterocycles. The van der Waals surface area contributed by atoms with Crippen molar-refractivity contribution in [2.75, 3.05) is 0 Å². The third kappa shape index (κ3) is 3.53. The molecular weight excluding hydrogens is 391 g/mol. The molecule has 3 aliphatic carbocycles. The Morgan fingerprint density at radius 2 is 1.46 bits per heavy atom. The van der Waals surface area contributed by atoms with Gasteiger partial charge in [-0.05, 0) is 0 Å². The zero-order valence-electron chi connectivity index (χ0n) is 14.3. The average Bonchev–Trinajstić information content (AvgIpc) is 2.70. The Morgan fingerprint density at radius 3 is 2.12 bits per heavy atom. The molecule has 26 heavy (non-hydrogen) atoms. The normalized spacial score (nSPS) is 26.5. The Balaban J connectivity index is 1.54. The maximum absolute atomic E-state index is 13.1. The first-order chi connectivity index (χ1) is 12.7. The number of fused-ring (bicyclic) bond motifs is 2. The van der Waals surface area contributed by atoms with Crippen molar-refractivity contribution in [3.05, 3.63) is 78.4 Å². The molecule has 0 unspecified atom stereocenters. The van der Waals surface area contributed by atoms with Gasteiger partial charge >= 0.3 is 159 Å². The van der Waals surface area contributed by atoms with Gasteiger partial charge in [-0.15, -0.1) is 0 Å². The van der Waals surface area contributed by atoms with Gasteiger partial charge in [-0.1, -0.05) is 0 Å². The summed E-state index contributed by atoms with van der Waals surface area (Å²) in [5, 5.41) is 0. The van der Waals surface area contributed by atoms with Crippen LogP contribution in [0.3, 0.4) is 0 Å². The molecule has 0 saturated heterocycles. The van der Waals surface area contributed by atoms with Crippen molar-refractivity contribution in [3.63, 3.8) is 0 Å². The second-order valence-electron chi connectivity index (χ2n) is 6.79. The first-order valence-electron chi connectivity index (χ1n) is 8.93. The molecule has 1 fully saturated rings. The fourth-order valence-corrected chi connectivity index (χ4v) is 5.89. The van der Waals surface area contributed by atoms with E-state index >= 15 is 0 Å². The van der Waals surface area contributed by atoms with E-state index < -0.39 is 0 Å². The molecule has 0 N–H and O–H groups in total. The first kappa shape index (κ1) is 17.3. The van der Waals surface area contributed by atoms with E-state index in [0.717, 1.165) is 17.3 Å². The third-order valence-electron chi connectivity index (χ3n) is 5.16. The average molecular weight is 411 g/mol. The van der Waals surface area contributed by atoms with Crippen LogP contribution in [0.5, 0.6) is 0 Å². The van der Waals surface area contributed by atoms with E-state index in [0.29, 0.717) is 5.56 Å². The molecular formula is C22H20O3Se. The number of carbonyl (C=O) groups is 2. The van der Waals surface area contributed by atoms with Gasteiger partial charge in [0.1, 0.15) is 0 Å². The Kier molecular flexibility index (Phi) is 5.05. The van der Waals surface area contributed by atoms with Crippen molar-refractivity contribution in [1.82, 2.24) is 0 Å². The molecule has 2 aromatic carbocycles. The van der Waals surface area contributed by atoms with Crippen molar-refractivity contribution in [2.24, 2.45) is 17.8 Å². The monoisotopic (exact) mass is 412 g/mol. The van der Waals surface area contributed by atoms with E-state index in [2.05, 4.69) is 12.2 Å². The number of allylic oxidation sites excluding steroid dienone is 1. The standard InChI is InChI=1S/C22H20O3Se/c23-21(17-7-3-1-4-8-17)25-20-16-13-11-15(12-14-16)19(20)22(24)26-18-9-5-2-6-10-18/h1-11,13,15-16,19-20H,12,14H2/t15-,16+,19-,20+/m0/s1. The van der Waals surface area contributed by atoms with Gasteiger partial charge < -0.3 is 0 Å². The van der Waals surface area contributed by atoms with Crippen molar-refractivity contribution < 1.29 is 14.3 Å². The molecule has 132 valence electrons. The quantitative estimate of drug-likeness (QED) is 0.432. The van der Waals surface area contributed by atoms with Crippen molar-refractivity contribution in [2.45, 2.75) is 18.9 Å². The summed E-state index contributed by atoms with van der Waals surface area (Å²) < 4.78 is 7.18. The zero-order chi connectivity index (χ0) is 17.9. The first-order valence-corrected chi connectivity index (χ1v) is 10.6. The summed E-state index contributed by atoms with van der Waals surface area (Å²) in [7, 11) is 0. The predicted octanol–water partition coefficient (Wildman–Crippen LogP) is 2.98. The second kappa shape index (κ2) is 7.61. The van der Waals surface area contributed by atoms with E-state index in [1.165, 1.54) is 0 Å². The SMILES string of the molecule is O=C(O[C@H]1[C@@H](C(=O)[Se]c2ccccc2)[C@H]2C=C[C@@H]1CC2)c1ccccc1. The van der Waals surface area contributed by atoms with E-state index in [9.17, 15) is 9.59 Å². The molecule has 5 rings (SSSR count). The van der Waals surface area contributed by atoms with Gasteiger partial charge in [-0.2, -0.15) is 0 Å². The zero-order valence-corrected chi connectivity index (χ0v) is 16.0. The van der Waals surface area contributed by atoms with E-state index in [-0.39, 0.29) is 49.5 Å². The Morgan fingerprint density at radius 1 is 0.846 bits per heavy atom. The van der Waals surface area contributed by atoms with Crippen LogP contribution in [0.4, 0.5) is 0 Å². The summed E-state index contributed by atoms with van der Waals surface area (Å²) in [5.74, 6) is -0.215. The summed E-state index contributed by atoms with van der Waals surface area (Å²) in [6.07, 6.45) is 5.93. The van der Waals surface area contributed by atoms with Crippen LogP contribution >= 0.6 is 0 Å². The minimum absolute atomic E-state index is 0.146. The minimum atomic E-state index is -0.343. The van der Waals surface area contributed by atoms with Crippen LogP contribution in [-0.2, 0) is 9.53 Å². The van der Waals surface area contributed by atoms with Gasteiger partial charge in [0, 0.05) is 0 Å². The van der Waals surface area contributed by atoms with Crippen LogP contribution < -0.4 is 4.46 Å². The topological polar surface area (TPSA) is 43.4 Å². The van der Waals surface area contributed by atoms with Gasteiger partial charge in [0.2, 0.25) is 0 Å². The third-order valence-corrected chi connectivity index (χ3v) is 7.22. The summed E-state index contributed by atoms with van der Waals surface area (Å²) >= 11 is -0.255. The molecule has 0 heterocycles. The molecule has 4 atom stereocenters. The van der Waals surface area contributed by atoms with Crippen LogP contribution in [0.1, 0.15) is 23.2 Å². The van der Waals surface area contributed by atoms with E-state index in [4.69, 9.17) is 4.74 Å². The molecule has 2 aromatic rings. The molecule has 0 amide bonds. The molecule has 1 saturated carbocycles. The Labute approximate surface area is 159 Å². The number of rotatable bonds is 5. The molecule has 4 heteroatoms. The number of benzene rings is 2. The van der Waals surface area contributed by atoms with E-state index in [1.54, 1.807) is 12.1 Å². The van der Waals surface area contributed by atoms with Crippen LogP contribution in [0.15, 0.2) is 72.8 Å². The van der Waals surface area contributed by atoms with Gasteiger partial charge in [0.05, 0.1) is 0 Å². The predicted molar refractivity (Wildman–Crippen MR) is 101 cm³/mol. The van der Waals surface area contributed by atoms with Crippen LogP contribution in [0.2, 0.25) is 0 Å². The van der Waals surface area contributed by atoms with Crippen molar-refractivity contribution in [3.8, 4) is 0 Å². The number of hydrogen-bond donors (Lipinski definition) is 0. The number of esters is 1. The number of carbonyl (C=O) groups excluding carboxylic acids is 2. The van der Waals surface area contributed by atoms with Gasteiger partial charge in [0.25, 0.3) is 0 Å². The fraction of sp³-hybridized carbons (Fsp3) is 0.273. The molecule has 0 aromatic heterocycles. The van der Waals surface area contributed by atoms with Gasteiger partial charge in [0.15, 0.2) is 0 Å². The Hall–Kier alpha value is -2.16. The fourth-order valence-electron chi connectivity index (χ4n) is 3.85. The summed E-state index contributed by atoms with van der Waals surface area (Å²) in [6, 6.07) is 18.9. The molecule has 3 nitrogen and oxygen atoms in total. The van der Waals surface area contributed by atoms with Crippen molar-refractivity contribution >= 4 is 30.1 Å². The molecule has 0 spiro atoms. The summed E-state index contributed by atoms with van der Waals surface area (Å²) in [6.45, 7) is 0. The van der Waals surface area contributed by atoms with Gasteiger partial charge in [-0.3, -0.25) is 0 Å². The summed E-state index contributed by atoms with van der Waals surface area (Å²) in [4.78, 5) is 25.7. The maximum atomic E-state index is 13.1. The summed E-state index contributed by atoms with van der Waals surface area (Å²) in [5.41, 5.74) is 0.540. The van der Waals surface area contributed by atoms with Gasteiger partial charge in [-0.25, -0.2) is 0 Å². The molecule has 3 aliphatic rings. The van der Waals surface area contributed by atoms with Crippen molar-refractivity contribution in [1.29, 1.82) is 0 Å². The second-order valence-corrected chi connectivity index (χ2v) is 9.05. The Bertz CT molecular complexity index is 816. The van der Waals surface area contributed by atoms with E-state index in [1.807, 2.05) is 48.5 Å². The number of ether oxygens (including phenoxy) is 1.